The maximum Gasteiger partial charge on any atom is 0.264 e. The summed E-state index contributed by atoms with van der Waals surface area (Å²) >= 11 is 12.9. The van der Waals surface area contributed by atoms with Gasteiger partial charge < -0.3 is 10.2 Å². The van der Waals surface area contributed by atoms with Crippen molar-refractivity contribution in [2.24, 2.45) is 0 Å². The monoisotopic (exact) mass is 607 g/mol. The first-order chi connectivity index (χ1) is 19.7. The number of nitrogens with zero attached hydrogens (tertiary/aromatic N) is 2. The Balaban J connectivity index is 1.48. The summed E-state index contributed by atoms with van der Waals surface area (Å²) < 4.78 is 29.4. The van der Waals surface area contributed by atoms with Crippen LogP contribution in [0.3, 0.4) is 0 Å². The van der Waals surface area contributed by atoms with Crippen LogP contribution in [0.4, 0.5) is 11.4 Å². The van der Waals surface area contributed by atoms with Crippen LogP contribution in [-0.4, -0.2) is 26.8 Å². The van der Waals surface area contributed by atoms with Gasteiger partial charge in [-0.05, 0) is 53.9 Å². The Bertz CT molecular complexity index is 1710. The number of sulfonamides is 1. The largest absolute Gasteiger partial charge is 0.345 e. The third kappa shape index (κ3) is 5.95. The molecule has 4 aromatic carbocycles. The van der Waals surface area contributed by atoms with E-state index in [2.05, 4.69) is 5.32 Å². The summed E-state index contributed by atoms with van der Waals surface area (Å²) in [5.41, 5.74) is 2.63. The van der Waals surface area contributed by atoms with E-state index in [-0.39, 0.29) is 39.0 Å². The maximum atomic E-state index is 14.1. The van der Waals surface area contributed by atoms with Crippen molar-refractivity contribution < 1.29 is 18.0 Å². The number of rotatable bonds is 7. The number of hydrogen-bond donors (Lipinski definition) is 1. The lowest BCUT2D eigenvalue weighted by Crippen LogP contribution is -2.40. The third-order valence-electron chi connectivity index (χ3n) is 6.99. The molecule has 0 saturated carbocycles. The fraction of sp³-hybridized carbons (Fsp3) is 0.161. The topological polar surface area (TPSA) is 86.8 Å². The number of carbonyl (C=O) groups is 2. The molecule has 1 unspecified atom stereocenters. The van der Waals surface area contributed by atoms with E-state index in [0.29, 0.717) is 18.7 Å². The first-order valence-electron chi connectivity index (χ1n) is 13.0. The minimum Gasteiger partial charge on any atom is -0.345 e. The fourth-order valence-electron chi connectivity index (χ4n) is 4.94. The molecule has 7 nitrogen and oxygen atoms in total. The molecule has 210 valence electrons. The van der Waals surface area contributed by atoms with Gasteiger partial charge in [0.25, 0.3) is 15.9 Å². The predicted molar refractivity (Wildman–Crippen MR) is 162 cm³/mol. The van der Waals surface area contributed by atoms with E-state index in [1.165, 1.54) is 29.4 Å². The average Bonchev–Trinajstić information content (AvgIpc) is 2.97. The van der Waals surface area contributed by atoms with Crippen molar-refractivity contribution in [3.8, 4) is 0 Å². The van der Waals surface area contributed by atoms with E-state index >= 15 is 0 Å². The molecule has 41 heavy (non-hydrogen) atoms. The van der Waals surface area contributed by atoms with Crippen molar-refractivity contribution in [1.29, 1.82) is 0 Å². The van der Waals surface area contributed by atoms with Crippen molar-refractivity contribution in [1.82, 2.24) is 5.32 Å². The lowest BCUT2D eigenvalue weighted by Gasteiger charge is -2.34. The van der Waals surface area contributed by atoms with E-state index in [1.807, 2.05) is 54.6 Å². The van der Waals surface area contributed by atoms with Crippen LogP contribution in [-0.2, 0) is 21.4 Å². The average molecular weight is 609 g/mol. The fourth-order valence-corrected chi connectivity index (χ4v) is 6.93. The Morgan fingerprint density at radius 1 is 0.902 bits per heavy atom. The van der Waals surface area contributed by atoms with Crippen LogP contribution in [0.5, 0.6) is 0 Å². The quantitative estimate of drug-likeness (QED) is 0.256. The number of fused-ring (bicyclic) bond motifs is 1. The zero-order chi connectivity index (χ0) is 29.1. The van der Waals surface area contributed by atoms with Crippen LogP contribution in [0.25, 0.3) is 0 Å². The molecule has 4 aromatic rings. The SMILES string of the molecule is CC(=O)N1CCC(NC(=O)c2cc(S(=O)(=O)N(Cc3ccccc3)c3ccccc3Cl)ccc2Cl)c2ccccc21. The summed E-state index contributed by atoms with van der Waals surface area (Å²) in [6, 6.07) is 26.9. The van der Waals surface area contributed by atoms with Gasteiger partial charge in [-0.25, -0.2) is 8.42 Å². The Kier molecular flexibility index (Phi) is 8.35. The van der Waals surface area contributed by atoms with Crippen LogP contribution < -0.4 is 14.5 Å². The minimum atomic E-state index is -4.18. The minimum absolute atomic E-state index is 0.0260. The van der Waals surface area contributed by atoms with Gasteiger partial charge in [-0.3, -0.25) is 13.9 Å². The van der Waals surface area contributed by atoms with Gasteiger partial charge in [0.2, 0.25) is 5.91 Å². The van der Waals surface area contributed by atoms with E-state index in [1.54, 1.807) is 29.2 Å². The number of benzene rings is 4. The van der Waals surface area contributed by atoms with E-state index in [4.69, 9.17) is 23.2 Å². The second kappa shape index (κ2) is 11.9. The zero-order valence-electron chi connectivity index (χ0n) is 22.1. The van der Waals surface area contributed by atoms with Gasteiger partial charge in [0.15, 0.2) is 0 Å². The summed E-state index contributed by atoms with van der Waals surface area (Å²) in [5.74, 6) is -0.600. The van der Waals surface area contributed by atoms with Crippen molar-refractivity contribution in [3.05, 3.63) is 124 Å². The number of hydrogen-bond acceptors (Lipinski definition) is 4. The molecule has 5 rings (SSSR count). The molecule has 1 aliphatic heterocycles. The number of amides is 2. The molecular weight excluding hydrogens is 581 g/mol. The first kappa shape index (κ1) is 28.7. The van der Waals surface area contributed by atoms with Gasteiger partial charge in [0.05, 0.1) is 38.8 Å². The van der Waals surface area contributed by atoms with Gasteiger partial charge in [-0.1, -0.05) is 83.9 Å². The standard InChI is InChI=1S/C31H27Cl2N3O4S/c1-21(37)35-18-17-28(24-11-5-7-13-29(24)35)34-31(38)25-19-23(15-16-26(25)32)41(39,40)36(20-22-9-3-2-4-10-22)30-14-8-6-12-27(30)33/h2-16,19,28H,17-18,20H2,1H3,(H,34,38). The van der Waals surface area contributed by atoms with Crippen LogP contribution >= 0.6 is 23.2 Å². The van der Waals surface area contributed by atoms with Crippen LogP contribution in [0, 0.1) is 0 Å². The number of halogens is 2. The lowest BCUT2D eigenvalue weighted by atomic mass is 9.96. The third-order valence-corrected chi connectivity index (χ3v) is 9.40. The highest BCUT2D eigenvalue weighted by atomic mass is 35.5. The van der Waals surface area contributed by atoms with E-state index in [9.17, 15) is 18.0 Å². The molecule has 1 heterocycles. The van der Waals surface area contributed by atoms with Gasteiger partial charge in [-0.2, -0.15) is 0 Å². The Hall–Kier alpha value is -3.85. The lowest BCUT2D eigenvalue weighted by molar-refractivity contribution is -0.116. The molecule has 0 radical (unpaired) electrons. The summed E-state index contributed by atoms with van der Waals surface area (Å²) in [6.07, 6.45) is 0.495. The molecule has 10 heteroatoms. The van der Waals surface area contributed by atoms with Gasteiger partial charge in [0, 0.05) is 19.2 Å². The van der Waals surface area contributed by atoms with Gasteiger partial charge in [-0.15, -0.1) is 0 Å². The zero-order valence-corrected chi connectivity index (χ0v) is 24.5. The van der Waals surface area contributed by atoms with Gasteiger partial charge >= 0.3 is 0 Å². The molecule has 2 amide bonds. The second-order valence-corrected chi connectivity index (χ2v) is 12.3. The predicted octanol–water partition coefficient (Wildman–Crippen LogP) is 6.62. The smallest absolute Gasteiger partial charge is 0.264 e. The van der Waals surface area contributed by atoms with Crippen molar-refractivity contribution in [3.63, 3.8) is 0 Å². The molecule has 1 N–H and O–H groups in total. The van der Waals surface area contributed by atoms with Gasteiger partial charge in [0.1, 0.15) is 0 Å². The maximum absolute atomic E-state index is 14.1. The molecule has 0 bridgehead atoms. The Morgan fingerprint density at radius 3 is 2.32 bits per heavy atom. The molecule has 0 fully saturated rings. The van der Waals surface area contributed by atoms with Crippen LogP contribution in [0.2, 0.25) is 10.0 Å². The highest BCUT2D eigenvalue weighted by molar-refractivity contribution is 7.92. The Morgan fingerprint density at radius 2 is 1.59 bits per heavy atom. The number of carbonyl (C=O) groups excluding carboxylic acids is 2. The molecule has 0 aliphatic carbocycles. The molecule has 1 atom stereocenters. The van der Waals surface area contributed by atoms with E-state index < -0.39 is 15.9 Å². The highest BCUT2D eigenvalue weighted by Crippen LogP contribution is 2.35. The number of anilines is 2. The number of nitrogens with one attached hydrogen (secondary N) is 1. The molecule has 0 saturated heterocycles. The second-order valence-electron chi connectivity index (χ2n) is 9.63. The van der Waals surface area contributed by atoms with Crippen molar-refractivity contribution >= 4 is 56.4 Å². The highest BCUT2D eigenvalue weighted by Gasteiger charge is 2.31. The summed E-state index contributed by atoms with van der Waals surface area (Å²) in [5, 5.41) is 3.38. The molecule has 0 spiro atoms. The normalized spacial score (nSPS) is 14.7. The van der Waals surface area contributed by atoms with Crippen LogP contribution in [0.1, 0.15) is 40.9 Å². The van der Waals surface area contributed by atoms with Crippen LogP contribution in [0.15, 0.2) is 102 Å². The summed E-state index contributed by atoms with van der Waals surface area (Å²) in [6.45, 7) is 1.97. The summed E-state index contributed by atoms with van der Waals surface area (Å²) in [7, 11) is -4.18. The Labute approximate surface area is 249 Å². The molecule has 0 aromatic heterocycles. The number of para-hydroxylation sites is 2. The van der Waals surface area contributed by atoms with E-state index in [0.717, 1.165) is 16.8 Å². The van der Waals surface area contributed by atoms with Crippen molar-refractivity contribution in [2.75, 3.05) is 15.7 Å². The summed E-state index contributed by atoms with van der Waals surface area (Å²) in [4.78, 5) is 27.2. The molecule has 1 aliphatic rings. The molecular formula is C31H27Cl2N3O4S. The first-order valence-corrected chi connectivity index (χ1v) is 15.1. The van der Waals surface area contributed by atoms with Crippen molar-refractivity contribution in [2.45, 2.75) is 30.8 Å².